The van der Waals surface area contributed by atoms with Crippen LogP contribution in [0.5, 0.6) is 11.5 Å². The molecule has 2 aromatic carbocycles. The molecule has 8 heteroatoms. The molecular weight excluding hydrogens is 1010 g/mol. The molecule has 0 heterocycles. The van der Waals surface area contributed by atoms with Gasteiger partial charge in [0.1, 0.15) is 11.5 Å². The van der Waals surface area contributed by atoms with Crippen molar-refractivity contribution in [2.24, 2.45) is 17.3 Å². The van der Waals surface area contributed by atoms with Gasteiger partial charge in [-0.2, -0.15) is 0 Å². The van der Waals surface area contributed by atoms with Crippen molar-refractivity contribution in [1.82, 2.24) is 0 Å². The van der Waals surface area contributed by atoms with Gasteiger partial charge in [0.2, 0.25) is 0 Å². The van der Waals surface area contributed by atoms with Crippen LogP contribution in [0.25, 0.3) is 0 Å². The highest BCUT2D eigenvalue weighted by molar-refractivity contribution is 7.42. The van der Waals surface area contributed by atoms with Crippen molar-refractivity contribution in [2.45, 2.75) is 349 Å². The molecule has 0 radical (unpaired) electrons. The van der Waals surface area contributed by atoms with Crippen LogP contribution in [0.4, 0.5) is 0 Å². The van der Waals surface area contributed by atoms with E-state index < -0.39 is 17.2 Å². The Labute approximate surface area is 492 Å². The van der Waals surface area contributed by atoms with Gasteiger partial charge in [0, 0.05) is 0 Å². The molecule has 0 unspecified atom stereocenters. The van der Waals surface area contributed by atoms with Gasteiger partial charge in [-0.25, -0.2) is 0 Å². The van der Waals surface area contributed by atoms with Crippen LogP contribution in [0, 0.1) is 17.3 Å². The Bertz CT molecular complexity index is 1580. The van der Waals surface area contributed by atoms with Gasteiger partial charge < -0.3 is 22.6 Å². The smallest absolute Gasteiger partial charge is 0.418 e. The van der Waals surface area contributed by atoms with Gasteiger partial charge in [0.05, 0.1) is 25.4 Å². The van der Waals surface area contributed by atoms with Crippen molar-refractivity contribution in [3.05, 3.63) is 59.7 Å². The van der Waals surface area contributed by atoms with E-state index in [1.165, 1.54) is 255 Å². The van der Waals surface area contributed by atoms with E-state index in [1.54, 1.807) is 0 Å². The lowest BCUT2D eigenvalue weighted by atomic mass is 9.60. The second kappa shape index (κ2) is 47.0. The summed E-state index contributed by atoms with van der Waals surface area (Å²) < 4.78 is 40.2. The van der Waals surface area contributed by atoms with Gasteiger partial charge in [-0.15, -0.1) is 0 Å². The van der Waals surface area contributed by atoms with Crippen molar-refractivity contribution in [1.29, 1.82) is 0 Å². The summed E-state index contributed by atoms with van der Waals surface area (Å²) in [5.74, 6) is 3.10. The summed E-state index contributed by atoms with van der Waals surface area (Å²) in [4.78, 5) is 0. The van der Waals surface area contributed by atoms with Crippen molar-refractivity contribution in [3.63, 3.8) is 0 Å². The van der Waals surface area contributed by atoms with E-state index >= 15 is 0 Å². The number of unbranched alkanes of at least 4 members (excludes halogenated alkanes) is 32. The summed E-state index contributed by atoms with van der Waals surface area (Å²) in [6.45, 7) is 15.9. The largest absolute Gasteiger partial charge is 0.463 e. The van der Waals surface area contributed by atoms with Crippen molar-refractivity contribution < 1.29 is 27.1 Å². The van der Waals surface area contributed by atoms with Crippen molar-refractivity contribution in [3.8, 4) is 11.5 Å². The molecular formula is C71H126O6P2. The topological polar surface area (TPSA) is 55.4 Å². The third-order valence-corrected chi connectivity index (χ3v) is 20.6. The van der Waals surface area contributed by atoms with Gasteiger partial charge in [-0.1, -0.05) is 271 Å². The zero-order valence-corrected chi connectivity index (χ0v) is 54.5. The summed E-state index contributed by atoms with van der Waals surface area (Å²) in [7, 11) is -2.94. The Kier molecular flexibility index (Phi) is 41.8. The second-order valence-electron chi connectivity index (χ2n) is 25.4. The highest BCUT2D eigenvalue weighted by atomic mass is 31.2. The summed E-state index contributed by atoms with van der Waals surface area (Å²) in [6, 6.07) is 17.5. The first-order valence-corrected chi connectivity index (χ1v) is 36.8. The summed E-state index contributed by atoms with van der Waals surface area (Å²) in [6.07, 6.45) is 59.7. The fraction of sp³-hybridized carbons (Fsp3) is 0.831. The molecule has 2 fully saturated rings. The van der Waals surface area contributed by atoms with Crippen LogP contribution in [0.2, 0.25) is 0 Å². The molecule has 0 aliphatic heterocycles. The van der Waals surface area contributed by atoms with E-state index in [1.807, 2.05) is 0 Å². The standard InChI is InChI=1S/C71H126O6P2/c1-7-11-15-19-23-27-31-35-39-45-63-47-43-49-69(61-63)76-79(77-70-50-44-48-64(62-70)46-40-36-32-28-24-20-16-12-8-2)75-68-57-53-66(54-58-68)71(5,6)65-51-55-67(56-52-65)74-78(72-59-41-37-33-29-25-21-17-13-9-3)73-60-42-38-34-30-26-22-18-14-10-4/h43-44,47-50,61-62,65-68H,7-42,45-46,51-60H2,1-6H3. The van der Waals surface area contributed by atoms with Gasteiger partial charge in [0.15, 0.2) is 0 Å². The highest BCUT2D eigenvalue weighted by Crippen LogP contribution is 2.53. The maximum atomic E-state index is 6.98. The second-order valence-corrected chi connectivity index (χ2v) is 27.6. The molecule has 2 aliphatic rings. The lowest BCUT2D eigenvalue weighted by Gasteiger charge is -2.46. The number of hydrogen-bond acceptors (Lipinski definition) is 6. The lowest BCUT2D eigenvalue weighted by molar-refractivity contribution is 0.00531. The maximum absolute atomic E-state index is 6.98. The van der Waals surface area contributed by atoms with Crippen LogP contribution in [0.1, 0.15) is 335 Å². The Morgan fingerprint density at radius 1 is 0.354 bits per heavy atom. The quantitative estimate of drug-likeness (QED) is 0.0486. The van der Waals surface area contributed by atoms with Crippen LogP contribution in [0.3, 0.4) is 0 Å². The maximum Gasteiger partial charge on any atom is 0.463 e. The minimum Gasteiger partial charge on any atom is -0.418 e. The Hall–Kier alpha value is -1.26. The molecule has 0 amide bonds. The van der Waals surface area contributed by atoms with Crippen LogP contribution < -0.4 is 9.05 Å². The van der Waals surface area contributed by atoms with Gasteiger partial charge in [-0.3, -0.25) is 4.52 Å². The minimum atomic E-state index is -1.64. The number of aryl methyl sites for hydroxylation is 2. The van der Waals surface area contributed by atoms with Gasteiger partial charge >= 0.3 is 17.2 Å². The normalized spacial score (nSPS) is 18.0. The van der Waals surface area contributed by atoms with Crippen molar-refractivity contribution >= 4 is 17.2 Å². The molecule has 0 bridgehead atoms. The predicted molar refractivity (Wildman–Crippen MR) is 344 cm³/mol. The highest BCUT2D eigenvalue weighted by Gasteiger charge is 2.42. The van der Waals surface area contributed by atoms with Gasteiger partial charge in [0.25, 0.3) is 0 Å². The average molecular weight is 1140 g/mol. The first kappa shape index (κ1) is 70.2. The van der Waals surface area contributed by atoms with E-state index in [2.05, 4.69) is 90.1 Å². The average Bonchev–Trinajstić information content (AvgIpc) is 3.47. The van der Waals surface area contributed by atoms with Crippen molar-refractivity contribution in [2.75, 3.05) is 13.2 Å². The summed E-state index contributed by atoms with van der Waals surface area (Å²) in [5.41, 5.74) is 2.96. The molecule has 456 valence electrons. The lowest BCUT2D eigenvalue weighted by Crippen LogP contribution is -2.38. The van der Waals surface area contributed by atoms with Crippen LogP contribution >= 0.6 is 17.2 Å². The SMILES string of the molecule is CCCCCCCCCCCOP(OCCCCCCCCCCC)OC1CCC(C(C)(C)C2CCC(OP(Oc3cccc(CCCCCCCCCCC)c3)Oc3cccc(CCCCCCCCCCC)c3)CC2)CC1. The first-order valence-electron chi connectivity index (χ1n) is 34.6. The summed E-state index contributed by atoms with van der Waals surface area (Å²) >= 11 is 0. The number of benzene rings is 2. The fourth-order valence-corrected chi connectivity index (χ4v) is 15.0. The molecule has 6 nitrogen and oxygen atoms in total. The molecule has 79 heavy (non-hydrogen) atoms. The fourth-order valence-electron chi connectivity index (χ4n) is 12.6. The third-order valence-electron chi connectivity index (χ3n) is 18.1. The molecule has 0 saturated heterocycles. The Morgan fingerprint density at radius 2 is 0.646 bits per heavy atom. The first-order chi connectivity index (χ1) is 38.8. The Balaban J connectivity index is 1.27. The molecule has 0 N–H and O–H groups in total. The third kappa shape index (κ3) is 33.7. The molecule has 0 spiro atoms. The van der Waals surface area contributed by atoms with E-state index in [0.29, 0.717) is 11.8 Å². The van der Waals surface area contributed by atoms with Crippen LogP contribution in [-0.2, 0) is 30.9 Å². The minimum absolute atomic E-state index is 0.128. The van der Waals surface area contributed by atoms with E-state index in [0.717, 1.165) is 76.1 Å². The molecule has 0 atom stereocenters. The van der Waals surface area contributed by atoms with Crippen LogP contribution in [0.15, 0.2) is 48.5 Å². The zero-order valence-electron chi connectivity index (χ0n) is 52.7. The van der Waals surface area contributed by atoms with E-state index in [4.69, 9.17) is 27.1 Å². The zero-order chi connectivity index (χ0) is 56.1. The molecule has 4 rings (SSSR count). The number of hydrogen-bond donors (Lipinski definition) is 0. The monoisotopic (exact) mass is 1140 g/mol. The number of rotatable bonds is 52. The predicted octanol–water partition coefficient (Wildman–Crippen LogP) is 25.0. The molecule has 0 aromatic heterocycles. The molecule has 2 saturated carbocycles. The van der Waals surface area contributed by atoms with E-state index in [-0.39, 0.29) is 17.6 Å². The van der Waals surface area contributed by atoms with Gasteiger partial charge in [-0.05, 0) is 143 Å². The van der Waals surface area contributed by atoms with E-state index in [9.17, 15) is 0 Å². The Morgan fingerprint density at radius 3 is 0.975 bits per heavy atom. The molecule has 2 aliphatic carbocycles. The van der Waals surface area contributed by atoms with Crippen LogP contribution in [-0.4, -0.2) is 25.4 Å². The molecule has 2 aromatic rings. The summed E-state index contributed by atoms with van der Waals surface area (Å²) in [5, 5.41) is 0.